The Labute approximate surface area is 94.7 Å². The van der Waals surface area contributed by atoms with Gasteiger partial charge < -0.3 is 10.5 Å². The molecule has 0 aromatic heterocycles. The van der Waals surface area contributed by atoms with Crippen LogP contribution in [0.25, 0.3) is 0 Å². The van der Waals surface area contributed by atoms with E-state index in [1.54, 1.807) is 0 Å². The molecule has 0 heterocycles. The van der Waals surface area contributed by atoms with Crippen LogP contribution in [0.2, 0.25) is 0 Å². The Morgan fingerprint density at radius 3 is 2.31 bits per heavy atom. The summed E-state index contributed by atoms with van der Waals surface area (Å²) in [6.07, 6.45) is -4.69. The van der Waals surface area contributed by atoms with Crippen molar-refractivity contribution in [3.63, 3.8) is 0 Å². The molecule has 1 aromatic rings. The second-order valence-corrected chi connectivity index (χ2v) is 3.05. The molecule has 0 radical (unpaired) electrons. The zero-order valence-electron chi connectivity index (χ0n) is 7.96. The molecule has 0 amide bonds. The van der Waals surface area contributed by atoms with Crippen LogP contribution in [0, 0.1) is 0 Å². The van der Waals surface area contributed by atoms with E-state index in [4.69, 9.17) is 17.3 Å². The van der Waals surface area contributed by atoms with Crippen molar-refractivity contribution in [1.29, 1.82) is 0 Å². The molecule has 0 spiro atoms. The van der Waals surface area contributed by atoms with Gasteiger partial charge in [-0.25, -0.2) is 4.99 Å². The van der Waals surface area contributed by atoms with Crippen LogP contribution in [0.1, 0.15) is 0 Å². The van der Waals surface area contributed by atoms with Crippen molar-refractivity contribution in [1.82, 2.24) is 0 Å². The van der Waals surface area contributed by atoms with Gasteiger partial charge in [0.15, 0.2) is 0 Å². The van der Waals surface area contributed by atoms with E-state index < -0.39 is 6.36 Å². The molecule has 0 bridgehead atoms. The highest BCUT2D eigenvalue weighted by Crippen LogP contribution is 2.24. The maximum Gasteiger partial charge on any atom is 0.573 e. The molecule has 0 aliphatic rings. The third-order valence-corrected chi connectivity index (χ3v) is 1.75. The number of hydrogen-bond acceptors (Lipinski definition) is 2. The van der Waals surface area contributed by atoms with Crippen LogP contribution < -0.4 is 10.5 Å². The molecule has 3 nitrogen and oxygen atoms in total. The van der Waals surface area contributed by atoms with E-state index in [0.717, 1.165) is 12.1 Å². The third kappa shape index (κ3) is 4.39. The minimum absolute atomic E-state index is 0.0564. The number of alkyl halides is 4. The maximum absolute atomic E-state index is 11.8. The van der Waals surface area contributed by atoms with Crippen LogP contribution in [-0.2, 0) is 0 Å². The Bertz CT molecular complexity index is 375. The Morgan fingerprint density at radius 1 is 1.31 bits per heavy atom. The molecule has 0 unspecified atom stereocenters. The smallest absolute Gasteiger partial charge is 0.406 e. The molecule has 0 saturated carbocycles. The lowest BCUT2D eigenvalue weighted by molar-refractivity contribution is -0.274. The molecular formula is C9H8ClF3N2O. The van der Waals surface area contributed by atoms with Gasteiger partial charge in [0.25, 0.3) is 0 Å². The fraction of sp³-hybridized carbons (Fsp3) is 0.222. The largest absolute Gasteiger partial charge is 0.573 e. The van der Waals surface area contributed by atoms with Gasteiger partial charge in [0.2, 0.25) is 0 Å². The van der Waals surface area contributed by atoms with Crippen LogP contribution in [0.15, 0.2) is 29.3 Å². The molecule has 0 aliphatic heterocycles. The highest BCUT2D eigenvalue weighted by molar-refractivity contribution is 6.28. The SMILES string of the molecule is NC(CCl)=Nc1ccc(OC(F)(F)F)cc1. The van der Waals surface area contributed by atoms with Gasteiger partial charge in [-0.15, -0.1) is 24.8 Å². The van der Waals surface area contributed by atoms with Crippen LogP contribution in [0.5, 0.6) is 5.75 Å². The highest BCUT2D eigenvalue weighted by Gasteiger charge is 2.30. The zero-order chi connectivity index (χ0) is 12.2. The van der Waals surface area contributed by atoms with E-state index in [2.05, 4.69) is 9.73 Å². The van der Waals surface area contributed by atoms with E-state index in [0.29, 0.717) is 5.69 Å². The minimum Gasteiger partial charge on any atom is -0.406 e. The average molecular weight is 253 g/mol. The summed E-state index contributed by atoms with van der Waals surface area (Å²) in [5.41, 5.74) is 5.76. The lowest BCUT2D eigenvalue weighted by atomic mass is 10.3. The molecule has 88 valence electrons. The molecule has 0 atom stereocenters. The predicted octanol–water partition coefficient (Wildman–Crippen LogP) is 2.81. The van der Waals surface area contributed by atoms with Crippen LogP contribution in [-0.4, -0.2) is 18.1 Å². The second kappa shape index (κ2) is 5.07. The molecular weight excluding hydrogens is 245 g/mol. The number of hydrogen-bond donors (Lipinski definition) is 1. The van der Waals surface area contributed by atoms with Gasteiger partial charge in [0, 0.05) is 0 Å². The summed E-state index contributed by atoms with van der Waals surface area (Å²) < 4.78 is 39.1. The van der Waals surface area contributed by atoms with Gasteiger partial charge in [-0.2, -0.15) is 0 Å². The second-order valence-electron chi connectivity index (χ2n) is 2.78. The Hall–Kier alpha value is -1.43. The normalized spacial score (nSPS) is 12.6. The Balaban J connectivity index is 2.76. The van der Waals surface area contributed by atoms with Gasteiger partial charge in [-0.1, -0.05) is 0 Å². The number of halogens is 4. The van der Waals surface area contributed by atoms with Crippen molar-refractivity contribution in [3.8, 4) is 5.75 Å². The number of nitrogens with two attached hydrogens (primary N) is 1. The number of aliphatic imine (C=N–C) groups is 1. The fourth-order valence-corrected chi connectivity index (χ4v) is 0.978. The summed E-state index contributed by atoms with van der Waals surface area (Å²) in [4.78, 5) is 3.84. The summed E-state index contributed by atoms with van der Waals surface area (Å²) in [7, 11) is 0. The van der Waals surface area contributed by atoms with Crippen molar-refractivity contribution in [2.45, 2.75) is 6.36 Å². The minimum atomic E-state index is -4.69. The summed E-state index contributed by atoms with van der Waals surface area (Å²) >= 11 is 5.39. The first kappa shape index (κ1) is 12.6. The molecule has 0 fully saturated rings. The molecule has 16 heavy (non-hydrogen) atoms. The fourth-order valence-electron chi connectivity index (χ4n) is 0.918. The maximum atomic E-state index is 11.8. The Kier molecular flexibility index (Phi) is 4.00. The van der Waals surface area contributed by atoms with Crippen molar-refractivity contribution in [2.75, 3.05) is 5.88 Å². The lowest BCUT2D eigenvalue weighted by Crippen LogP contribution is -2.16. The number of rotatable bonds is 3. The van der Waals surface area contributed by atoms with Crippen LogP contribution in [0.4, 0.5) is 18.9 Å². The van der Waals surface area contributed by atoms with Crippen molar-refractivity contribution in [2.24, 2.45) is 10.7 Å². The average Bonchev–Trinajstić information content (AvgIpc) is 2.18. The first-order valence-corrected chi connectivity index (χ1v) is 4.69. The topological polar surface area (TPSA) is 47.6 Å². The van der Waals surface area contributed by atoms with Gasteiger partial charge in [0.05, 0.1) is 11.6 Å². The summed E-state index contributed by atoms with van der Waals surface area (Å²) in [6, 6.07) is 4.99. The summed E-state index contributed by atoms with van der Waals surface area (Å²) in [6.45, 7) is 0. The number of nitrogens with zero attached hydrogens (tertiary/aromatic N) is 1. The third-order valence-electron chi connectivity index (χ3n) is 1.48. The summed E-state index contributed by atoms with van der Waals surface area (Å²) in [5, 5.41) is 0. The van der Waals surface area contributed by atoms with E-state index in [-0.39, 0.29) is 17.5 Å². The van der Waals surface area contributed by atoms with Gasteiger partial charge >= 0.3 is 6.36 Å². The van der Waals surface area contributed by atoms with Crippen LogP contribution in [0.3, 0.4) is 0 Å². The molecule has 0 aliphatic carbocycles. The Morgan fingerprint density at radius 2 is 1.88 bits per heavy atom. The predicted molar refractivity (Wildman–Crippen MR) is 55.1 cm³/mol. The first-order valence-electron chi connectivity index (χ1n) is 4.15. The van der Waals surface area contributed by atoms with Gasteiger partial charge in [-0.3, -0.25) is 0 Å². The first-order chi connectivity index (χ1) is 7.40. The van der Waals surface area contributed by atoms with E-state index in [1.165, 1.54) is 12.1 Å². The standard InChI is InChI=1S/C9H8ClF3N2O/c10-5-8(14)15-6-1-3-7(4-2-6)16-9(11,12)13/h1-4H,5H2,(H2,14,15). The van der Waals surface area contributed by atoms with E-state index in [9.17, 15) is 13.2 Å². The molecule has 0 saturated heterocycles. The van der Waals surface area contributed by atoms with Gasteiger partial charge in [-0.05, 0) is 24.3 Å². The number of amidine groups is 1. The quantitative estimate of drug-likeness (QED) is 0.511. The van der Waals surface area contributed by atoms with E-state index >= 15 is 0 Å². The van der Waals surface area contributed by atoms with Crippen molar-refractivity contribution in [3.05, 3.63) is 24.3 Å². The van der Waals surface area contributed by atoms with Crippen LogP contribution >= 0.6 is 11.6 Å². The van der Waals surface area contributed by atoms with Gasteiger partial charge in [0.1, 0.15) is 11.6 Å². The number of benzene rings is 1. The molecule has 7 heteroatoms. The van der Waals surface area contributed by atoms with Crippen molar-refractivity contribution >= 4 is 23.1 Å². The zero-order valence-corrected chi connectivity index (χ0v) is 8.72. The monoisotopic (exact) mass is 252 g/mol. The highest BCUT2D eigenvalue weighted by atomic mass is 35.5. The van der Waals surface area contributed by atoms with E-state index in [1.807, 2.05) is 0 Å². The molecule has 1 aromatic carbocycles. The molecule has 1 rings (SSSR count). The van der Waals surface area contributed by atoms with Crippen molar-refractivity contribution < 1.29 is 17.9 Å². The number of ether oxygens (including phenoxy) is 1. The lowest BCUT2D eigenvalue weighted by Gasteiger charge is -2.08. The summed E-state index contributed by atoms with van der Waals surface area (Å²) in [5.74, 6) is -0.0667. The molecule has 2 N–H and O–H groups in total.